The lowest BCUT2D eigenvalue weighted by Gasteiger charge is -2.25. The van der Waals surface area contributed by atoms with Gasteiger partial charge >= 0.3 is 0 Å². The third kappa shape index (κ3) is 5.62. The van der Waals surface area contributed by atoms with E-state index in [9.17, 15) is 0 Å². The minimum Gasteiger partial charge on any atom is -0.313 e. The van der Waals surface area contributed by atoms with Crippen LogP contribution in [0.3, 0.4) is 0 Å². The van der Waals surface area contributed by atoms with Crippen molar-refractivity contribution in [3.05, 3.63) is 0 Å². The zero-order valence-electron chi connectivity index (χ0n) is 11.3. The Morgan fingerprint density at radius 2 is 2.06 bits per heavy atom. The van der Waals surface area contributed by atoms with E-state index in [1.165, 1.54) is 70.5 Å². The molecule has 2 fully saturated rings. The second-order valence-electron chi connectivity index (χ2n) is 5.70. The molecule has 0 aromatic carbocycles. The minimum absolute atomic E-state index is 0.786. The first-order chi connectivity index (χ1) is 8.38. The highest BCUT2D eigenvalue weighted by Crippen LogP contribution is 2.30. The summed E-state index contributed by atoms with van der Waals surface area (Å²) in [5, 5.41) is 3.64. The second-order valence-corrected chi connectivity index (χ2v) is 6.68. The van der Waals surface area contributed by atoms with Gasteiger partial charge in [-0.15, -0.1) is 0 Å². The molecule has 0 aromatic rings. The van der Waals surface area contributed by atoms with E-state index in [-0.39, 0.29) is 0 Å². The molecule has 1 N–H and O–H groups in total. The first kappa shape index (κ1) is 13.7. The van der Waals surface area contributed by atoms with Crippen LogP contribution in [0.1, 0.15) is 38.5 Å². The van der Waals surface area contributed by atoms with Crippen LogP contribution in [0.2, 0.25) is 0 Å². The van der Waals surface area contributed by atoms with Crippen LogP contribution >= 0.6 is 11.8 Å². The van der Waals surface area contributed by atoms with Crippen LogP contribution in [0.5, 0.6) is 0 Å². The molecule has 17 heavy (non-hydrogen) atoms. The highest BCUT2D eigenvalue weighted by Gasteiger charge is 2.26. The summed E-state index contributed by atoms with van der Waals surface area (Å²) in [5.74, 6) is 2.37. The summed E-state index contributed by atoms with van der Waals surface area (Å²) < 4.78 is 0. The van der Waals surface area contributed by atoms with Crippen LogP contribution in [0.15, 0.2) is 0 Å². The molecule has 1 unspecified atom stereocenters. The van der Waals surface area contributed by atoms with E-state index in [4.69, 9.17) is 0 Å². The Balaban J connectivity index is 1.63. The Bertz CT molecular complexity index is 200. The van der Waals surface area contributed by atoms with Gasteiger partial charge < -0.3 is 10.2 Å². The van der Waals surface area contributed by atoms with Gasteiger partial charge in [0.15, 0.2) is 0 Å². The molecule has 1 aliphatic heterocycles. The van der Waals surface area contributed by atoms with Gasteiger partial charge in [-0.1, -0.05) is 0 Å². The van der Waals surface area contributed by atoms with Crippen molar-refractivity contribution >= 4 is 11.8 Å². The van der Waals surface area contributed by atoms with E-state index >= 15 is 0 Å². The summed E-state index contributed by atoms with van der Waals surface area (Å²) in [6, 6.07) is 0.786. The Kier molecular flexibility index (Phi) is 6.16. The molecule has 1 aliphatic carbocycles. The Morgan fingerprint density at radius 1 is 1.18 bits per heavy atom. The SMILES string of the molecule is CSCCCCN(CC1CC1)CC1CCCN1. The normalized spacial score (nSPS) is 24.7. The van der Waals surface area contributed by atoms with Gasteiger partial charge in [0, 0.05) is 19.1 Å². The van der Waals surface area contributed by atoms with Gasteiger partial charge in [0.2, 0.25) is 0 Å². The zero-order chi connectivity index (χ0) is 11.9. The average molecular weight is 256 g/mol. The molecular formula is C14H28N2S. The van der Waals surface area contributed by atoms with Gasteiger partial charge in [-0.3, -0.25) is 0 Å². The Hall–Kier alpha value is 0.270. The van der Waals surface area contributed by atoms with Gasteiger partial charge in [0.1, 0.15) is 0 Å². The van der Waals surface area contributed by atoms with Crippen LogP contribution in [0.4, 0.5) is 0 Å². The summed E-state index contributed by atoms with van der Waals surface area (Å²) in [6.07, 6.45) is 10.7. The molecule has 100 valence electrons. The van der Waals surface area contributed by atoms with Crippen molar-refractivity contribution in [3.63, 3.8) is 0 Å². The van der Waals surface area contributed by atoms with Crippen molar-refractivity contribution in [2.45, 2.75) is 44.6 Å². The van der Waals surface area contributed by atoms with Crippen LogP contribution in [0, 0.1) is 5.92 Å². The largest absolute Gasteiger partial charge is 0.313 e. The molecule has 2 nitrogen and oxygen atoms in total. The van der Waals surface area contributed by atoms with Crippen LogP contribution in [-0.2, 0) is 0 Å². The van der Waals surface area contributed by atoms with Crippen LogP contribution in [-0.4, -0.2) is 49.1 Å². The number of rotatable bonds is 9. The molecule has 2 aliphatic rings. The molecule has 0 aromatic heterocycles. The van der Waals surface area contributed by atoms with E-state index in [1.54, 1.807) is 0 Å². The molecule has 0 radical (unpaired) electrons. The molecular weight excluding hydrogens is 228 g/mol. The monoisotopic (exact) mass is 256 g/mol. The number of hydrogen-bond donors (Lipinski definition) is 1. The van der Waals surface area contributed by atoms with Crippen molar-refractivity contribution in [2.75, 3.05) is 38.2 Å². The number of nitrogens with zero attached hydrogens (tertiary/aromatic N) is 1. The van der Waals surface area contributed by atoms with Crippen molar-refractivity contribution in [2.24, 2.45) is 5.92 Å². The highest BCUT2D eigenvalue weighted by atomic mass is 32.2. The fourth-order valence-electron chi connectivity index (χ4n) is 2.73. The third-order valence-electron chi connectivity index (χ3n) is 3.93. The third-order valence-corrected chi connectivity index (χ3v) is 4.62. The summed E-state index contributed by atoms with van der Waals surface area (Å²) in [4.78, 5) is 2.74. The van der Waals surface area contributed by atoms with E-state index in [1.807, 2.05) is 11.8 Å². The molecule has 1 saturated carbocycles. The molecule has 1 atom stereocenters. The van der Waals surface area contributed by atoms with Crippen LogP contribution < -0.4 is 5.32 Å². The van der Waals surface area contributed by atoms with Gasteiger partial charge in [0.05, 0.1) is 0 Å². The number of nitrogens with one attached hydrogen (secondary N) is 1. The maximum atomic E-state index is 3.64. The minimum atomic E-state index is 0.786. The topological polar surface area (TPSA) is 15.3 Å². The molecule has 3 heteroatoms. The summed E-state index contributed by atoms with van der Waals surface area (Å²) in [7, 11) is 0. The van der Waals surface area contributed by atoms with E-state index in [2.05, 4.69) is 16.5 Å². The summed E-state index contributed by atoms with van der Waals surface area (Å²) in [5.41, 5.74) is 0. The van der Waals surface area contributed by atoms with Crippen molar-refractivity contribution in [1.82, 2.24) is 10.2 Å². The highest BCUT2D eigenvalue weighted by molar-refractivity contribution is 7.98. The lowest BCUT2D eigenvalue weighted by atomic mass is 10.2. The van der Waals surface area contributed by atoms with Crippen LogP contribution in [0.25, 0.3) is 0 Å². The van der Waals surface area contributed by atoms with Gasteiger partial charge in [-0.05, 0) is 69.5 Å². The maximum absolute atomic E-state index is 3.64. The molecule has 0 bridgehead atoms. The fourth-order valence-corrected chi connectivity index (χ4v) is 3.22. The summed E-state index contributed by atoms with van der Waals surface area (Å²) >= 11 is 1.98. The maximum Gasteiger partial charge on any atom is 0.0195 e. The van der Waals surface area contributed by atoms with E-state index in [0.717, 1.165) is 12.0 Å². The average Bonchev–Trinajstić information content (AvgIpc) is 2.99. The first-order valence-electron chi connectivity index (χ1n) is 7.33. The van der Waals surface area contributed by atoms with E-state index in [0.29, 0.717) is 0 Å². The summed E-state index contributed by atoms with van der Waals surface area (Å²) in [6.45, 7) is 5.25. The van der Waals surface area contributed by atoms with Gasteiger partial charge in [-0.2, -0.15) is 11.8 Å². The Labute approximate surface area is 111 Å². The van der Waals surface area contributed by atoms with E-state index < -0.39 is 0 Å². The van der Waals surface area contributed by atoms with Gasteiger partial charge in [-0.25, -0.2) is 0 Å². The lowest BCUT2D eigenvalue weighted by Crippen LogP contribution is -2.39. The molecule has 0 spiro atoms. The van der Waals surface area contributed by atoms with Gasteiger partial charge in [0.25, 0.3) is 0 Å². The molecule has 2 rings (SSSR count). The standard InChI is InChI=1S/C14H28N2S/c1-17-10-3-2-9-16(11-13-6-7-13)12-14-5-4-8-15-14/h13-15H,2-12H2,1H3. The zero-order valence-corrected chi connectivity index (χ0v) is 12.1. The second kappa shape index (κ2) is 7.65. The van der Waals surface area contributed by atoms with Crippen molar-refractivity contribution in [3.8, 4) is 0 Å². The smallest absolute Gasteiger partial charge is 0.0195 e. The first-order valence-corrected chi connectivity index (χ1v) is 8.72. The molecule has 1 saturated heterocycles. The predicted octanol–water partition coefficient (Wildman–Crippen LogP) is 2.59. The fraction of sp³-hybridized carbons (Fsp3) is 1.00. The number of thioether (sulfide) groups is 1. The predicted molar refractivity (Wildman–Crippen MR) is 77.8 cm³/mol. The van der Waals surface area contributed by atoms with Crippen molar-refractivity contribution in [1.29, 1.82) is 0 Å². The lowest BCUT2D eigenvalue weighted by molar-refractivity contribution is 0.236. The molecule has 0 amide bonds. The molecule has 1 heterocycles. The number of unbranched alkanes of at least 4 members (excludes halogenated alkanes) is 1. The van der Waals surface area contributed by atoms with Crippen molar-refractivity contribution < 1.29 is 0 Å². The Morgan fingerprint density at radius 3 is 2.71 bits per heavy atom. The number of hydrogen-bond acceptors (Lipinski definition) is 3. The quantitative estimate of drug-likeness (QED) is 0.638.